The number of hydrogen-bond acceptors (Lipinski definition) is 10. The van der Waals surface area contributed by atoms with E-state index in [1.165, 1.54) is 32.2 Å². The van der Waals surface area contributed by atoms with Crippen LogP contribution in [0.3, 0.4) is 0 Å². The van der Waals surface area contributed by atoms with Crippen LogP contribution in [0.2, 0.25) is 0 Å². The second-order valence-electron chi connectivity index (χ2n) is 13.4. The molecule has 270 valence electrons. The van der Waals surface area contributed by atoms with Gasteiger partial charge >= 0.3 is 12.1 Å². The normalized spacial score (nSPS) is 23.7. The van der Waals surface area contributed by atoms with Gasteiger partial charge in [-0.3, -0.25) is 19.4 Å². The zero-order chi connectivity index (χ0) is 36.5. The maximum Gasteiger partial charge on any atom is 0.416 e. The molecule has 0 spiro atoms. The van der Waals surface area contributed by atoms with Crippen LogP contribution in [0.4, 0.5) is 13.2 Å². The van der Waals surface area contributed by atoms with Crippen molar-refractivity contribution in [3.8, 4) is 28.7 Å². The third kappa shape index (κ3) is 5.75. The Morgan fingerprint density at radius 2 is 1.82 bits per heavy atom. The Hall–Kier alpha value is -4.79. The maximum atomic E-state index is 13.3. The number of aliphatic hydroxyl groups is 1. The Morgan fingerprint density at radius 3 is 2.53 bits per heavy atom. The highest BCUT2D eigenvalue weighted by atomic mass is 19.4. The number of nitrogens with one attached hydrogen (secondary N) is 1. The van der Waals surface area contributed by atoms with Crippen LogP contribution in [-0.2, 0) is 28.6 Å². The molecular weight excluding hydrogens is 671 g/mol. The molecule has 3 aromatic carbocycles. The van der Waals surface area contributed by atoms with Crippen LogP contribution in [0.25, 0.3) is 6.08 Å². The van der Waals surface area contributed by atoms with Crippen LogP contribution >= 0.6 is 0 Å². The van der Waals surface area contributed by atoms with E-state index in [-0.39, 0.29) is 31.1 Å². The minimum atomic E-state index is -4.53. The number of hydrogen-bond donors (Lipinski definition) is 3. The Balaban J connectivity index is 1.33. The van der Waals surface area contributed by atoms with Gasteiger partial charge in [-0.05, 0) is 68.6 Å². The number of likely N-dealkylation sites (N-methyl/N-ethyl adjacent to an activating group) is 1. The highest BCUT2D eigenvalue weighted by Crippen LogP contribution is 2.58. The van der Waals surface area contributed by atoms with Crippen molar-refractivity contribution in [1.29, 1.82) is 0 Å². The van der Waals surface area contributed by atoms with E-state index in [1.807, 2.05) is 29.8 Å². The van der Waals surface area contributed by atoms with E-state index in [2.05, 4.69) is 5.32 Å². The first-order valence-corrected chi connectivity index (χ1v) is 16.5. The molecule has 2 bridgehead atoms. The highest BCUT2D eigenvalue weighted by Gasteiger charge is 2.56. The number of benzene rings is 3. The predicted molar refractivity (Wildman–Crippen MR) is 178 cm³/mol. The number of amides is 1. The molecule has 3 aromatic rings. The third-order valence-electron chi connectivity index (χ3n) is 10.5. The molecule has 0 saturated carbocycles. The van der Waals surface area contributed by atoms with Gasteiger partial charge in [-0.1, -0.05) is 18.2 Å². The first-order valence-electron chi connectivity index (χ1n) is 16.5. The number of phenolic OH excluding ortho intramolecular Hbond substituents is 1. The van der Waals surface area contributed by atoms with Crippen LogP contribution in [0, 0.1) is 13.8 Å². The van der Waals surface area contributed by atoms with E-state index in [9.17, 15) is 33.0 Å². The molecule has 51 heavy (non-hydrogen) atoms. The molecule has 14 heteroatoms. The summed E-state index contributed by atoms with van der Waals surface area (Å²) in [6, 6.07) is 4.48. The average Bonchev–Trinajstić information content (AvgIpc) is 3.57. The molecular formula is C37H38F3N3O8. The summed E-state index contributed by atoms with van der Waals surface area (Å²) in [4.78, 5) is 29.7. The Labute approximate surface area is 292 Å². The summed E-state index contributed by atoms with van der Waals surface area (Å²) in [7, 11) is 3.39. The van der Waals surface area contributed by atoms with Crippen molar-refractivity contribution in [1.82, 2.24) is 15.1 Å². The molecule has 0 radical (unpaired) electrons. The van der Waals surface area contributed by atoms with Crippen molar-refractivity contribution >= 4 is 18.0 Å². The van der Waals surface area contributed by atoms with Crippen LogP contribution < -0.4 is 24.3 Å². The van der Waals surface area contributed by atoms with Gasteiger partial charge in [0.05, 0.1) is 30.8 Å². The summed E-state index contributed by atoms with van der Waals surface area (Å²) >= 11 is 0. The minimum absolute atomic E-state index is 0.0107. The molecule has 3 N–H and O–H groups in total. The van der Waals surface area contributed by atoms with Gasteiger partial charge < -0.3 is 34.5 Å². The van der Waals surface area contributed by atoms with E-state index in [0.717, 1.165) is 29.3 Å². The molecule has 7 rings (SSSR count). The molecule has 4 aliphatic rings. The van der Waals surface area contributed by atoms with Crippen molar-refractivity contribution in [3.63, 3.8) is 0 Å². The topological polar surface area (TPSA) is 130 Å². The molecule has 1 fully saturated rings. The van der Waals surface area contributed by atoms with Crippen LogP contribution in [0.5, 0.6) is 28.7 Å². The second-order valence-corrected chi connectivity index (χ2v) is 13.4. The molecule has 0 unspecified atom stereocenters. The number of alkyl halides is 3. The lowest BCUT2D eigenvalue weighted by molar-refractivity contribution is -0.172. The Kier molecular flexibility index (Phi) is 8.67. The number of halogens is 3. The zero-order valence-corrected chi connectivity index (χ0v) is 28.6. The number of aryl methyl sites for hydroxylation is 1. The SMILES string of the molecule is COc1c(C)cc2c(c1O)[C@@H]1[C@@H]3Cc4c(OC(C)=O)c(C)c5c(c4[C@H](CNC(=O)C=Cc4cccc(C(F)(F)F)c4)N3[C@@H](O)[C@H](C2)N1C)OCO5. The summed E-state index contributed by atoms with van der Waals surface area (Å²) in [5.74, 6) is 0.325. The van der Waals surface area contributed by atoms with Gasteiger partial charge in [0.15, 0.2) is 23.0 Å². The number of rotatable bonds is 6. The standard InChI is InChI=1S/C37H38F3N3O8/c1-17-11-21-13-25-36(47)43-24(30(42(25)4)28(21)31(46)32(17)48-5)14-23-29(35-34(49-16-50-35)18(2)33(23)51-19(3)44)26(43)15-41-27(45)10-9-20-7-6-8-22(12-20)37(38,39)40/h6-12,24-26,30,36,46-47H,13-16H2,1-5H3,(H,41,45)/t24-,25-,26-,30-,36-/m0/s1. The van der Waals surface area contributed by atoms with Gasteiger partial charge in [-0.25, -0.2) is 0 Å². The summed E-state index contributed by atoms with van der Waals surface area (Å²) in [5.41, 5.74) is 3.45. The van der Waals surface area contributed by atoms with Crippen LogP contribution in [0.1, 0.15) is 63.5 Å². The van der Waals surface area contributed by atoms with Crippen molar-refractivity contribution in [2.24, 2.45) is 0 Å². The number of fused-ring (bicyclic) bond motifs is 9. The van der Waals surface area contributed by atoms with Crippen molar-refractivity contribution in [3.05, 3.63) is 80.9 Å². The number of piperazine rings is 1. The molecule has 11 nitrogen and oxygen atoms in total. The number of carbonyl (C=O) groups excluding carboxylic acids is 2. The zero-order valence-electron chi connectivity index (χ0n) is 28.6. The predicted octanol–water partition coefficient (Wildman–Crippen LogP) is 4.72. The molecule has 5 atom stereocenters. The minimum Gasteiger partial charge on any atom is -0.504 e. The Bertz CT molecular complexity index is 1960. The van der Waals surface area contributed by atoms with Crippen molar-refractivity contribution < 1.29 is 51.9 Å². The molecule has 4 heterocycles. The summed E-state index contributed by atoms with van der Waals surface area (Å²) in [5, 5.41) is 26.7. The molecule has 0 aliphatic carbocycles. The van der Waals surface area contributed by atoms with Gasteiger partial charge in [0.25, 0.3) is 0 Å². The van der Waals surface area contributed by atoms with E-state index < -0.39 is 54.0 Å². The van der Waals surface area contributed by atoms with E-state index in [4.69, 9.17) is 18.9 Å². The van der Waals surface area contributed by atoms with Crippen LogP contribution in [-0.4, -0.2) is 77.7 Å². The lowest BCUT2D eigenvalue weighted by atomic mass is 9.73. The van der Waals surface area contributed by atoms with Crippen molar-refractivity contribution in [2.75, 3.05) is 27.5 Å². The summed E-state index contributed by atoms with van der Waals surface area (Å²) < 4.78 is 63.1. The maximum absolute atomic E-state index is 13.3. The Morgan fingerprint density at radius 1 is 1.08 bits per heavy atom. The van der Waals surface area contributed by atoms with Crippen LogP contribution in [0.15, 0.2) is 36.4 Å². The number of ether oxygens (including phenoxy) is 4. The fraction of sp³-hybridized carbons (Fsp3) is 0.405. The second kappa shape index (κ2) is 12.8. The van der Waals surface area contributed by atoms with Gasteiger partial charge in [0.1, 0.15) is 12.0 Å². The number of aromatic hydroxyl groups is 1. The van der Waals surface area contributed by atoms with Gasteiger partial charge in [-0.15, -0.1) is 0 Å². The quantitative estimate of drug-likeness (QED) is 0.188. The number of esters is 1. The summed E-state index contributed by atoms with van der Waals surface area (Å²) in [6.45, 7) is 4.76. The molecule has 0 aromatic heterocycles. The molecule has 4 aliphatic heterocycles. The van der Waals surface area contributed by atoms with E-state index >= 15 is 0 Å². The third-order valence-corrected chi connectivity index (χ3v) is 10.5. The summed E-state index contributed by atoms with van der Waals surface area (Å²) in [6.07, 6.45) is -2.46. The first kappa shape index (κ1) is 34.6. The van der Waals surface area contributed by atoms with Gasteiger partial charge in [-0.2, -0.15) is 13.2 Å². The largest absolute Gasteiger partial charge is 0.504 e. The highest BCUT2D eigenvalue weighted by molar-refractivity contribution is 5.91. The number of methoxy groups -OCH3 is 1. The van der Waals surface area contributed by atoms with Crippen molar-refractivity contribution in [2.45, 2.75) is 70.2 Å². The average molecular weight is 710 g/mol. The number of carbonyl (C=O) groups is 2. The monoisotopic (exact) mass is 709 g/mol. The van der Waals surface area contributed by atoms with E-state index in [1.54, 1.807) is 6.92 Å². The molecule has 1 saturated heterocycles. The smallest absolute Gasteiger partial charge is 0.416 e. The fourth-order valence-corrected chi connectivity index (χ4v) is 8.37. The molecule has 1 amide bonds. The number of nitrogens with zero attached hydrogens (tertiary/aromatic N) is 2. The number of aliphatic hydroxyl groups excluding tert-OH is 1. The lowest BCUT2D eigenvalue weighted by Crippen LogP contribution is -2.69. The number of phenols is 1. The van der Waals surface area contributed by atoms with Gasteiger partial charge in [0.2, 0.25) is 12.7 Å². The lowest BCUT2D eigenvalue weighted by Gasteiger charge is -2.60. The first-order chi connectivity index (χ1) is 24.2. The van der Waals surface area contributed by atoms with E-state index in [0.29, 0.717) is 51.7 Å². The fourth-order valence-electron chi connectivity index (χ4n) is 8.37. The van der Waals surface area contributed by atoms with Gasteiger partial charge in [0, 0.05) is 47.8 Å².